The number of aromatic nitrogens is 1. The van der Waals surface area contributed by atoms with Crippen LogP contribution in [0.1, 0.15) is 24.0 Å². The summed E-state index contributed by atoms with van der Waals surface area (Å²) < 4.78 is 27.8. The number of anilines is 1. The molecule has 3 aromatic rings. The number of carbonyl (C=O) groups is 1. The Labute approximate surface area is 177 Å². The normalized spacial score (nSPS) is 15.3. The number of methoxy groups -OCH3 is 1. The number of aryl methyl sites for hydroxylation is 1. The van der Waals surface area contributed by atoms with Crippen LogP contribution in [0.2, 0.25) is 0 Å². The van der Waals surface area contributed by atoms with E-state index in [2.05, 4.69) is 10.3 Å². The Morgan fingerprint density at radius 1 is 1.13 bits per heavy atom. The highest BCUT2D eigenvalue weighted by molar-refractivity contribution is 7.79. The molecule has 1 N–H and O–H groups in total. The van der Waals surface area contributed by atoms with Crippen LogP contribution in [-0.4, -0.2) is 26.8 Å². The Bertz CT molecular complexity index is 1120. The van der Waals surface area contributed by atoms with Gasteiger partial charge in [-0.2, -0.15) is 0 Å². The highest BCUT2D eigenvalue weighted by Crippen LogP contribution is 2.49. The van der Waals surface area contributed by atoms with Gasteiger partial charge in [0.05, 0.1) is 18.2 Å². The van der Waals surface area contributed by atoms with Gasteiger partial charge in [0, 0.05) is 10.5 Å². The Morgan fingerprint density at radius 2 is 1.87 bits per heavy atom. The van der Waals surface area contributed by atoms with Crippen molar-refractivity contribution in [2.24, 2.45) is 0 Å². The molecule has 1 aliphatic carbocycles. The van der Waals surface area contributed by atoms with Gasteiger partial charge >= 0.3 is 0 Å². The first-order chi connectivity index (χ1) is 14.4. The lowest BCUT2D eigenvalue weighted by Gasteiger charge is -2.17. The molecule has 4 rings (SSSR count). The van der Waals surface area contributed by atoms with Crippen molar-refractivity contribution in [3.63, 3.8) is 0 Å². The molecule has 2 aromatic carbocycles. The van der Waals surface area contributed by atoms with Crippen LogP contribution in [0.25, 0.3) is 11.3 Å². The smallest absolute Gasteiger partial charge is 0.236 e. The minimum atomic E-state index is -2.32. The Kier molecular flexibility index (Phi) is 5.40. The van der Waals surface area contributed by atoms with Gasteiger partial charge in [-0.05, 0) is 72.3 Å². The van der Waals surface area contributed by atoms with Crippen LogP contribution in [0.5, 0.6) is 5.75 Å². The molecule has 0 aliphatic heterocycles. The van der Waals surface area contributed by atoms with Gasteiger partial charge in [-0.15, -0.1) is 0 Å². The summed E-state index contributed by atoms with van der Waals surface area (Å²) in [5, 5.41) is 2.94. The van der Waals surface area contributed by atoms with Gasteiger partial charge in [-0.25, -0.2) is 4.98 Å². The van der Waals surface area contributed by atoms with E-state index in [1.54, 1.807) is 31.4 Å². The first-order valence-electron chi connectivity index (χ1n) is 9.56. The summed E-state index contributed by atoms with van der Waals surface area (Å²) in [5.41, 5.74) is 2.62. The number of nitrogens with zero attached hydrogens (tertiary/aromatic N) is 1. The molecule has 0 radical (unpaired) electrons. The average Bonchev–Trinajstić information content (AvgIpc) is 3.57. The van der Waals surface area contributed by atoms with E-state index in [9.17, 15) is 13.6 Å². The fourth-order valence-electron chi connectivity index (χ4n) is 3.56. The van der Waals surface area contributed by atoms with Gasteiger partial charge in [0.25, 0.3) is 0 Å². The van der Waals surface area contributed by atoms with Gasteiger partial charge in [0.2, 0.25) is 5.91 Å². The number of pyridine rings is 1. The van der Waals surface area contributed by atoms with Crippen molar-refractivity contribution >= 4 is 22.8 Å². The molecule has 7 heteroatoms. The molecule has 6 nitrogen and oxygen atoms in total. The second kappa shape index (κ2) is 8.01. The van der Waals surface area contributed by atoms with Crippen molar-refractivity contribution < 1.29 is 18.3 Å². The standard InChI is InChI=1S/C23H22N2O4S/c1-15-6-11-20(24-21(15)16-4-3-5-19(14-16)30(27)28)25-22(26)23(12-13-23)17-7-9-18(29-2)10-8-17/h3-11,14H,12-13H2,1-2H3,(H,27,28)(H,24,25,26)/p-1. The molecular formula is C23H21N2O4S-. The van der Waals surface area contributed by atoms with Crippen molar-refractivity contribution in [2.75, 3.05) is 12.4 Å². The molecule has 1 aromatic heterocycles. The first-order valence-corrected chi connectivity index (χ1v) is 10.6. The number of carbonyl (C=O) groups excluding carboxylic acids is 1. The predicted octanol–water partition coefficient (Wildman–Crippen LogP) is 3.97. The summed E-state index contributed by atoms with van der Waals surface area (Å²) in [7, 11) is 1.61. The van der Waals surface area contributed by atoms with E-state index in [4.69, 9.17) is 4.74 Å². The van der Waals surface area contributed by atoms with Crippen LogP contribution in [0.15, 0.2) is 65.6 Å². The van der Waals surface area contributed by atoms with Gasteiger partial charge < -0.3 is 14.6 Å². The molecule has 1 fully saturated rings. The fraction of sp³-hybridized carbons (Fsp3) is 0.217. The van der Waals surface area contributed by atoms with E-state index in [-0.39, 0.29) is 10.8 Å². The second-order valence-electron chi connectivity index (χ2n) is 7.39. The van der Waals surface area contributed by atoms with Crippen LogP contribution in [-0.2, 0) is 21.3 Å². The molecule has 0 saturated heterocycles. The van der Waals surface area contributed by atoms with Crippen molar-refractivity contribution in [2.45, 2.75) is 30.1 Å². The lowest BCUT2D eigenvalue weighted by atomic mass is 9.95. The molecule has 1 aliphatic rings. The Morgan fingerprint density at radius 3 is 2.50 bits per heavy atom. The highest BCUT2D eigenvalue weighted by atomic mass is 32.2. The number of nitrogens with one attached hydrogen (secondary N) is 1. The maximum absolute atomic E-state index is 13.1. The quantitative estimate of drug-likeness (QED) is 0.608. The van der Waals surface area contributed by atoms with E-state index >= 15 is 0 Å². The Balaban J connectivity index is 1.59. The van der Waals surface area contributed by atoms with E-state index in [0.29, 0.717) is 17.1 Å². The van der Waals surface area contributed by atoms with Crippen molar-refractivity contribution in [1.29, 1.82) is 0 Å². The largest absolute Gasteiger partial charge is 0.768 e. The van der Waals surface area contributed by atoms with Crippen LogP contribution in [0.4, 0.5) is 5.82 Å². The van der Waals surface area contributed by atoms with Gasteiger partial charge in [0.15, 0.2) is 0 Å². The molecule has 1 heterocycles. The number of rotatable bonds is 6. The van der Waals surface area contributed by atoms with Crippen molar-refractivity contribution in [3.05, 3.63) is 71.8 Å². The maximum Gasteiger partial charge on any atom is 0.236 e. The molecule has 1 amide bonds. The molecule has 0 spiro atoms. The minimum absolute atomic E-state index is 0.0932. The van der Waals surface area contributed by atoms with Crippen molar-refractivity contribution in [1.82, 2.24) is 4.98 Å². The molecule has 1 saturated carbocycles. The molecule has 30 heavy (non-hydrogen) atoms. The summed E-state index contributed by atoms with van der Waals surface area (Å²) in [6.45, 7) is 1.90. The maximum atomic E-state index is 13.1. The predicted molar refractivity (Wildman–Crippen MR) is 114 cm³/mol. The van der Waals surface area contributed by atoms with Crippen LogP contribution in [0, 0.1) is 6.92 Å². The topological polar surface area (TPSA) is 91.3 Å². The number of benzene rings is 2. The summed E-state index contributed by atoms with van der Waals surface area (Å²) in [6.07, 6.45) is 1.56. The third-order valence-electron chi connectivity index (χ3n) is 5.47. The zero-order chi connectivity index (χ0) is 21.3. The average molecular weight is 421 g/mol. The zero-order valence-corrected chi connectivity index (χ0v) is 17.5. The molecule has 1 unspecified atom stereocenters. The lowest BCUT2D eigenvalue weighted by molar-refractivity contribution is -0.118. The highest BCUT2D eigenvalue weighted by Gasteiger charge is 2.51. The zero-order valence-electron chi connectivity index (χ0n) is 16.7. The van der Waals surface area contributed by atoms with E-state index in [0.717, 1.165) is 29.7 Å². The number of hydrogen-bond donors (Lipinski definition) is 1. The van der Waals surface area contributed by atoms with Crippen LogP contribution in [0.3, 0.4) is 0 Å². The third-order valence-corrected chi connectivity index (χ3v) is 6.10. The van der Waals surface area contributed by atoms with E-state index < -0.39 is 16.5 Å². The SMILES string of the molecule is COc1ccc(C2(C(=O)Nc3ccc(C)c(-c4cccc(S(=O)[O-])c4)n3)CC2)cc1. The Hall–Kier alpha value is -3.03. The minimum Gasteiger partial charge on any atom is -0.768 e. The van der Waals surface area contributed by atoms with Gasteiger partial charge in [-0.3, -0.25) is 9.00 Å². The lowest BCUT2D eigenvalue weighted by Crippen LogP contribution is -2.28. The van der Waals surface area contributed by atoms with Gasteiger partial charge in [-0.1, -0.05) is 30.3 Å². The van der Waals surface area contributed by atoms with Crippen LogP contribution >= 0.6 is 0 Å². The fourth-order valence-corrected chi connectivity index (χ4v) is 3.97. The van der Waals surface area contributed by atoms with Crippen molar-refractivity contribution in [3.8, 4) is 17.0 Å². The molecule has 0 bridgehead atoms. The number of amides is 1. The summed E-state index contributed by atoms with van der Waals surface area (Å²) in [4.78, 5) is 17.9. The monoisotopic (exact) mass is 421 g/mol. The van der Waals surface area contributed by atoms with E-state index in [1.807, 2.05) is 37.3 Å². The molecule has 1 atom stereocenters. The second-order valence-corrected chi connectivity index (χ2v) is 8.33. The number of hydrogen-bond acceptors (Lipinski definition) is 5. The first kappa shape index (κ1) is 20.3. The summed E-state index contributed by atoms with van der Waals surface area (Å²) in [5.74, 6) is 1.10. The molecular weight excluding hydrogens is 400 g/mol. The van der Waals surface area contributed by atoms with Gasteiger partial charge in [0.1, 0.15) is 11.6 Å². The summed E-state index contributed by atoms with van der Waals surface area (Å²) >= 11 is -2.32. The van der Waals surface area contributed by atoms with E-state index in [1.165, 1.54) is 6.07 Å². The summed E-state index contributed by atoms with van der Waals surface area (Å²) in [6, 6.07) is 17.8. The third kappa shape index (κ3) is 3.86. The van der Waals surface area contributed by atoms with Crippen LogP contribution < -0.4 is 10.1 Å². The molecule has 154 valence electrons. The number of ether oxygens (including phenoxy) is 1.